The second kappa shape index (κ2) is 17.5. The molecule has 0 radical (unpaired) electrons. The zero-order valence-electron chi connectivity index (χ0n) is 30.9. The predicted octanol–water partition coefficient (Wildman–Crippen LogP) is 13.7. The maximum Gasteiger partial charge on any atom is -0.0210 e. The Balaban J connectivity index is 2.49. The largest absolute Gasteiger partial charge is 0.0654 e. The normalized spacial score (nSPS) is 36.6. The first kappa shape index (κ1) is 37.2. The highest BCUT2D eigenvalue weighted by Gasteiger charge is 2.55. The van der Waals surface area contributed by atoms with Crippen molar-refractivity contribution in [2.45, 2.75) is 180 Å². The van der Waals surface area contributed by atoms with Gasteiger partial charge in [0.15, 0.2) is 0 Å². The van der Waals surface area contributed by atoms with E-state index in [1.54, 1.807) is 0 Å². The van der Waals surface area contributed by atoms with Gasteiger partial charge in [-0.15, -0.1) is 0 Å². The van der Waals surface area contributed by atoms with Gasteiger partial charge in [-0.05, 0) is 114 Å². The van der Waals surface area contributed by atoms with Crippen molar-refractivity contribution in [3.8, 4) is 0 Å². The molecule has 0 amide bonds. The summed E-state index contributed by atoms with van der Waals surface area (Å²) in [6.45, 7) is 33.8. The molecule has 41 heavy (non-hydrogen) atoms. The summed E-state index contributed by atoms with van der Waals surface area (Å²) in [5.74, 6) is 11.2. The lowest BCUT2D eigenvalue weighted by Gasteiger charge is -2.60. The van der Waals surface area contributed by atoms with Crippen LogP contribution in [0.3, 0.4) is 0 Å². The highest BCUT2D eigenvalue weighted by atomic mass is 14.6. The molecule has 13 unspecified atom stereocenters. The molecule has 0 spiro atoms. The zero-order valence-corrected chi connectivity index (χ0v) is 30.9. The van der Waals surface area contributed by atoms with Crippen molar-refractivity contribution in [2.24, 2.45) is 82.3 Å². The summed E-state index contributed by atoms with van der Waals surface area (Å²) in [6.07, 6.45) is 20.1. The van der Waals surface area contributed by atoms with Crippen LogP contribution in [0.25, 0.3) is 0 Å². The van der Waals surface area contributed by atoms with Crippen molar-refractivity contribution < 1.29 is 0 Å². The second-order valence-electron chi connectivity index (χ2n) is 16.8. The van der Waals surface area contributed by atoms with Gasteiger partial charge in [-0.1, -0.05) is 148 Å². The van der Waals surface area contributed by atoms with E-state index < -0.39 is 0 Å². The van der Waals surface area contributed by atoms with Gasteiger partial charge in [0.2, 0.25) is 0 Å². The molecule has 0 bridgehead atoms. The Hall–Kier alpha value is 0. The minimum absolute atomic E-state index is 0.460. The molecular weight excluding hydrogens is 492 g/mol. The first-order chi connectivity index (χ1) is 19.4. The summed E-state index contributed by atoms with van der Waals surface area (Å²) in [5.41, 5.74) is 0.460. The van der Waals surface area contributed by atoms with Crippen molar-refractivity contribution in [1.82, 2.24) is 0 Å². The third-order valence-electron chi connectivity index (χ3n) is 14.4. The first-order valence-corrected chi connectivity index (χ1v) is 19.4. The molecule has 2 aliphatic rings. The van der Waals surface area contributed by atoms with Crippen molar-refractivity contribution >= 4 is 0 Å². The van der Waals surface area contributed by atoms with Crippen LogP contribution in [0.4, 0.5) is 0 Å². The average molecular weight is 573 g/mol. The fourth-order valence-electron chi connectivity index (χ4n) is 11.7. The lowest BCUT2D eigenvalue weighted by molar-refractivity contribution is -0.114. The van der Waals surface area contributed by atoms with Crippen molar-refractivity contribution in [3.05, 3.63) is 0 Å². The van der Waals surface area contributed by atoms with Gasteiger partial charge in [0, 0.05) is 0 Å². The molecule has 0 aromatic rings. The van der Waals surface area contributed by atoms with Crippen molar-refractivity contribution in [1.29, 1.82) is 0 Å². The molecule has 2 saturated carbocycles. The van der Waals surface area contributed by atoms with E-state index in [0.717, 1.165) is 76.9 Å². The third kappa shape index (κ3) is 8.59. The van der Waals surface area contributed by atoms with Crippen molar-refractivity contribution in [2.75, 3.05) is 0 Å². The van der Waals surface area contributed by atoms with Gasteiger partial charge in [-0.3, -0.25) is 0 Å². The first-order valence-electron chi connectivity index (χ1n) is 19.4. The van der Waals surface area contributed by atoms with Crippen LogP contribution in [0.5, 0.6) is 0 Å². The van der Waals surface area contributed by atoms with E-state index in [2.05, 4.69) is 90.0 Å². The SMILES string of the molecule is CCCCCC1CCC(C(C)CCC)(C(C)C(C)C(C)C2CCC2CC(C)CCC)C(C(C)C)C(C)C(C)C1CC. The number of hydrogen-bond acceptors (Lipinski definition) is 0. The summed E-state index contributed by atoms with van der Waals surface area (Å²) >= 11 is 0. The van der Waals surface area contributed by atoms with Gasteiger partial charge in [0.05, 0.1) is 0 Å². The van der Waals surface area contributed by atoms with Crippen LogP contribution >= 0.6 is 0 Å². The zero-order chi connectivity index (χ0) is 30.9. The van der Waals surface area contributed by atoms with Crippen LogP contribution in [-0.2, 0) is 0 Å². The van der Waals surface area contributed by atoms with E-state index in [1.807, 2.05) is 0 Å². The van der Waals surface area contributed by atoms with Crippen molar-refractivity contribution in [3.63, 3.8) is 0 Å². The van der Waals surface area contributed by atoms with Gasteiger partial charge in [-0.25, -0.2) is 0 Å². The van der Waals surface area contributed by atoms with Gasteiger partial charge < -0.3 is 0 Å². The van der Waals surface area contributed by atoms with Crippen LogP contribution in [0.2, 0.25) is 0 Å². The highest BCUT2D eigenvalue weighted by molar-refractivity contribution is 5.03. The van der Waals surface area contributed by atoms with Crippen LogP contribution in [0.15, 0.2) is 0 Å². The highest BCUT2D eigenvalue weighted by Crippen LogP contribution is 2.61. The predicted molar refractivity (Wildman–Crippen MR) is 186 cm³/mol. The third-order valence-corrected chi connectivity index (χ3v) is 14.4. The van der Waals surface area contributed by atoms with Gasteiger partial charge in [0.1, 0.15) is 0 Å². The van der Waals surface area contributed by atoms with Gasteiger partial charge in [-0.2, -0.15) is 0 Å². The summed E-state index contributed by atoms with van der Waals surface area (Å²) in [4.78, 5) is 0. The van der Waals surface area contributed by atoms with E-state index in [9.17, 15) is 0 Å². The van der Waals surface area contributed by atoms with Crippen LogP contribution < -0.4 is 0 Å². The summed E-state index contributed by atoms with van der Waals surface area (Å²) < 4.78 is 0. The Kier molecular flexibility index (Phi) is 15.9. The Morgan fingerprint density at radius 1 is 0.707 bits per heavy atom. The minimum atomic E-state index is 0.460. The molecule has 0 nitrogen and oxygen atoms in total. The molecule has 13 atom stereocenters. The van der Waals surface area contributed by atoms with Gasteiger partial charge >= 0.3 is 0 Å². The van der Waals surface area contributed by atoms with E-state index in [4.69, 9.17) is 0 Å². The molecule has 0 N–H and O–H groups in total. The molecule has 2 aliphatic carbocycles. The van der Waals surface area contributed by atoms with E-state index in [-0.39, 0.29) is 0 Å². The Labute approximate surface area is 261 Å². The molecule has 0 heteroatoms. The summed E-state index contributed by atoms with van der Waals surface area (Å²) in [7, 11) is 0. The monoisotopic (exact) mass is 573 g/mol. The maximum absolute atomic E-state index is 2.78. The molecule has 0 aromatic carbocycles. The molecule has 0 aromatic heterocycles. The van der Waals surface area contributed by atoms with Gasteiger partial charge in [0.25, 0.3) is 0 Å². The fraction of sp³-hybridized carbons (Fsp3) is 1.00. The molecule has 2 rings (SSSR count). The Bertz CT molecular complexity index is 692. The summed E-state index contributed by atoms with van der Waals surface area (Å²) in [6, 6.07) is 0. The molecule has 244 valence electrons. The molecule has 0 saturated heterocycles. The molecular formula is C41H80. The van der Waals surface area contributed by atoms with E-state index in [1.165, 1.54) is 89.9 Å². The smallest absolute Gasteiger partial charge is 0.0210 e. The maximum atomic E-state index is 2.78. The molecule has 0 heterocycles. The number of unbranched alkanes of at least 4 members (excludes halogenated alkanes) is 2. The fourth-order valence-corrected chi connectivity index (χ4v) is 11.7. The van der Waals surface area contributed by atoms with E-state index >= 15 is 0 Å². The number of rotatable bonds is 17. The van der Waals surface area contributed by atoms with E-state index in [0.29, 0.717) is 5.41 Å². The Morgan fingerprint density at radius 3 is 1.88 bits per heavy atom. The average Bonchev–Trinajstić information content (AvgIpc) is 2.91. The molecule has 2 fully saturated rings. The van der Waals surface area contributed by atoms with Crippen LogP contribution in [0, 0.1) is 82.3 Å². The lowest BCUT2D eigenvalue weighted by Crippen LogP contribution is -2.53. The quantitative estimate of drug-likeness (QED) is 0.152. The second-order valence-corrected chi connectivity index (χ2v) is 16.8. The van der Waals surface area contributed by atoms with Crippen LogP contribution in [0.1, 0.15) is 180 Å². The summed E-state index contributed by atoms with van der Waals surface area (Å²) in [5, 5.41) is 0. The Morgan fingerprint density at radius 2 is 1.37 bits per heavy atom. The standard InChI is InChI=1S/C41H80/c1-14-18-19-22-36-25-26-41(30(8)21-16-3,40(28(5)6)34(12)33(11)38(36)17-4)35(13)31(9)32(10)39-24-23-37(39)27-29(7)20-15-2/h28-40H,14-27H2,1-13H3. The minimum Gasteiger partial charge on any atom is -0.0654 e. The molecule has 0 aliphatic heterocycles. The lowest BCUT2D eigenvalue weighted by atomic mass is 9.45. The topological polar surface area (TPSA) is 0 Å². The van der Waals surface area contributed by atoms with Crippen LogP contribution in [-0.4, -0.2) is 0 Å². The number of hydrogen-bond donors (Lipinski definition) is 0.